The molecule has 1 aromatic carbocycles. The van der Waals surface area contributed by atoms with E-state index in [-0.39, 0.29) is 11.5 Å². The van der Waals surface area contributed by atoms with Crippen molar-refractivity contribution in [3.05, 3.63) is 29.8 Å². The van der Waals surface area contributed by atoms with Crippen LogP contribution in [0, 0.1) is 12.8 Å². The Hall–Kier alpha value is -1.52. The highest BCUT2D eigenvalue weighted by atomic mass is 19.4. The summed E-state index contributed by atoms with van der Waals surface area (Å²) >= 11 is 0. The molecule has 0 radical (unpaired) electrons. The average molecular weight is 409 g/mol. The first kappa shape index (κ1) is 34.0. The van der Waals surface area contributed by atoms with Crippen molar-refractivity contribution >= 4 is 5.78 Å². The van der Waals surface area contributed by atoms with E-state index in [1.165, 1.54) is 57.7 Å². The van der Waals surface area contributed by atoms with Crippen molar-refractivity contribution in [3.8, 4) is 5.75 Å². The van der Waals surface area contributed by atoms with Gasteiger partial charge in [-0.25, -0.2) is 0 Å². The van der Waals surface area contributed by atoms with Gasteiger partial charge in [0.05, 0.1) is 0 Å². The summed E-state index contributed by atoms with van der Waals surface area (Å²) in [5.74, 6) is 0.951. The second-order valence-corrected chi connectivity index (χ2v) is 5.96. The lowest BCUT2D eigenvalue weighted by atomic mass is 10.0. The SMILES string of the molecule is CC.CC.CC(C)=O.CCCC(C)CCC.Cc1cccc(OC(F)(F)F)c1. The van der Waals surface area contributed by atoms with Crippen molar-refractivity contribution in [1.29, 1.82) is 0 Å². The van der Waals surface area contributed by atoms with Crippen LogP contribution in [-0.4, -0.2) is 12.1 Å². The van der Waals surface area contributed by atoms with Crippen LogP contribution in [0.25, 0.3) is 0 Å². The number of ketones is 1. The van der Waals surface area contributed by atoms with Gasteiger partial charge in [0.2, 0.25) is 0 Å². The van der Waals surface area contributed by atoms with Crippen LogP contribution < -0.4 is 4.74 Å². The highest BCUT2D eigenvalue weighted by molar-refractivity contribution is 5.72. The number of aryl methyl sites for hydroxylation is 1. The largest absolute Gasteiger partial charge is 0.573 e. The first-order valence-electron chi connectivity index (χ1n) is 10.3. The van der Waals surface area contributed by atoms with Crippen molar-refractivity contribution in [2.75, 3.05) is 0 Å². The number of hydrogen-bond donors (Lipinski definition) is 0. The van der Waals surface area contributed by atoms with Gasteiger partial charge in [-0.2, -0.15) is 0 Å². The van der Waals surface area contributed by atoms with Gasteiger partial charge in [0.15, 0.2) is 0 Å². The molecule has 1 aromatic rings. The van der Waals surface area contributed by atoms with Gasteiger partial charge in [0.1, 0.15) is 11.5 Å². The lowest BCUT2D eigenvalue weighted by Crippen LogP contribution is -2.17. The zero-order chi connectivity index (χ0) is 23.2. The Morgan fingerprint density at radius 2 is 1.39 bits per heavy atom. The zero-order valence-electron chi connectivity index (χ0n) is 19.7. The van der Waals surface area contributed by atoms with Crippen LogP contribution in [0.5, 0.6) is 5.75 Å². The number of halogens is 3. The fourth-order valence-corrected chi connectivity index (χ4v) is 1.94. The molecule has 0 heterocycles. The maximum absolute atomic E-state index is 11.7. The molecule has 0 saturated heterocycles. The van der Waals surface area contributed by atoms with Gasteiger partial charge in [-0.15, -0.1) is 13.2 Å². The van der Waals surface area contributed by atoms with Crippen molar-refractivity contribution in [3.63, 3.8) is 0 Å². The number of rotatable bonds is 5. The van der Waals surface area contributed by atoms with Gasteiger partial charge in [-0.3, -0.25) is 0 Å². The number of carbonyl (C=O) groups is 1. The van der Waals surface area contributed by atoms with Gasteiger partial charge < -0.3 is 9.53 Å². The van der Waals surface area contributed by atoms with E-state index < -0.39 is 6.36 Å². The van der Waals surface area contributed by atoms with Crippen LogP contribution in [0.4, 0.5) is 13.2 Å². The Bertz CT molecular complexity index is 434. The maximum Gasteiger partial charge on any atom is 0.573 e. The lowest BCUT2D eigenvalue weighted by molar-refractivity contribution is -0.274. The highest BCUT2D eigenvalue weighted by Crippen LogP contribution is 2.22. The van der Waals surface area contributed by atoms with Crippen LogP contribution in [0.3, 0.4) is 0 Å². The summed E-state index contributed by atoms with van der Waals surface area (Å²) in [6.07, 6.45) is 0.914. The van der Waals surface area contributed by atoms with Crippen LogP contribution in [0.1, 0.15) is 93.6 Å². The molecule has 0 amide bonds. The van der Waals surface area contributed by atoms with E-state index in [0.29, 0.717) is 0 Å². The molecular formula is C23H43F3O2. The fourth-order valence-electron chi connectivity index (χ4n) is 1.94. The lowest BCUT2D eigenvalue weighted by Gasteiger charge is -2.08. The quantitative estimate of drug-likeness (QED) is 0.486. The Morgan fingerprint density at radius 3 is 1.68 bits per heavy atom. The van der Waals surface area contributed by atoms with E-state index in [4.69, 9.17) is 0 Å². The predicted molar refractivity (Wildman–Crippen MR) is 116 cm³/mol. The van der Waals surface area contributed by atoms with Crippen LogP contribution in [-0.2, 0) is 4.79 Å². The third-order valence-corrected chi connectivity index (χ3v) is 2.79. The molecule has 0 atom stereocenters. The van der Waals surface area contributed by atoms with Crippen molar-refractivity contribution in [2.45, 2.75) is 101 Å². The smallest absolute Gasteiger partial charge is 0.406 e. The van der Waals surface area contributed by atoms with Crippen LogP contribution in [0.15, 0.2) is 24.3 Å². The molecule has 0 fully saturated rings. The summed E-state index contributed by atoms with van der Waals surface area (Å²) < 4.78 is 38.6. The van der Waals surface area contributed by atoms with E-state index in [2.05, 4.69) is 25.5 Å². The van der Waals surface area contributed by atoms with Gasteiger partial charge in [0.25, 0.3) is 0 Å². The summed E-state index contributed by atoms with van der Waals surface area (Å²) in [7, 11) is 0. The molecular weight excluding hydrogens is 365 g/mol. The number of ether oxygens (including phenoxy) is 1. The second kappa shape index (κ2) is 23.5. The average Bonchev–Trinajstić information content (AvgIpc) is 2.57. The van der Waals surface area contributed by atoms with Crippen LogP contribution >= 0.6 is 0 Å². The molecule has 5 heteroatoms. The maximum atomic E-state index is 11.7. The summed E-state index contributed by atoms with van der Waals surface area (Å²) in [6.45, 7) is 19.6. The fraction of sp³-hybridized carbons (Fsp3) is 0.696. The van der Waals surface area contributed by atoms with E-state index >= 15 is 0 Å². The van der Waals surface area contributed by atoms with E-state index in [1.807, 2.05) is 27.7 Å². The number of benzene rings is 1. The van der Waals surface area contributed by atoms with E-state index in [9.17, 15) is 18.0 Å². The summed E-state index contributed by atoms with van der Waals surface area (Å²) in [5, 5.41) is 0. The Kier molecular flexibility index (Phi) is 28.6. The van der Waals surface area contributed by atoms with Crippen molar-refractivity contribution in [2.24, 2.45) is 5.92 Å². The molecule has 0 unspecified atom stereocenters. The third-order valence-electron chi connectivity index (χ3n) is 2.79. The molecule has 28 heavy (non-hydrogen) atoms. The monoisotopic (exact) mass is 408 g/mol. The van der Waals surface area contributed by atoms with Crippen molar-refractivity contribution < 1.29 is 22.7 Å². The molecule has 0 spiro atoms. The molecule has 168 valence electrons. The van der Waals surface area contributed by atoms with Gasteiger partial charge >= 0.3 is 6.36 Å². The summed E-state index contributed by atoms with van der Waals surface area (Å²) in [4.78, 5) is 9.44. The predicted octanol–water partition coefficient (Wildman–Crippen LogP) is 8.76. The molecule has 0 aromatic heterocycles. The molecule has 0 aliphatic heterocycles. The molecule has 0 aliphatic rings. The Labute approximate surface area is 171 Å². The van der Waals surface area contributed by atoms with E-state index in [1.54, 1.807) is 13.0 Å². The van der Waals surface area contributed by atoms with Gasteiger partial charge in [-0.1, -0.05) is 86.3 Å². The number of alkyl halides is 3. The number of hydrogen-bond acceptors (Lipinski definition) is 2. The minimum atomic E-state index is -4.60. The third kappa shape index (κ3) is 35.6. The van der Waals surface area contributed by atoms with Crippen molar-refractivity contribution in [1.82, 2.24) is 0 Å². The standard InChI is InChI=1S/C8H7F3O.C8H18.C3H6O.2C2H6/c1-6-3-2-4-7(5-6)12-8(9,10)11;1-4-6-8(3)7-5-2;1-3(2)4;2*1-2/h2-5H,1H3;8H,4-7H2,1-3H3;1-2H3;2*1-2H3. The number of Topliss-reactive ketones (excluding diaryl/α,β-unsaturated/α-hetero) is 1. The zero-order valence-corrected chi connectivity index (χ0v) is 19.7. The van der Waals surface area contributed by atoms with Gasteiger partial charge in [0, 0.05) is 0 Å². The molecule has 2 nitrogen and oxygen atoms in total. The molecule has 0 saturated carbocycles. The Morgan fingerprint density at radius 1 is 1.00 bits per heavy atom. The molecule has 0 N–H and O–H groups in total. The summed E-state index contributed by atoms with van der Waals surface area (Å²) in [6, 6.07) is 5.80. The second-order valence-electron chi connectivity index (χ2n) is 5.96. The normalized spacial score (nSPS) is 9.21. The number of carbonyl (C=O) groups excluding carboxylic acids is 1. The highest BCUT2D eigenvalue weighted by Gasteiger charge is 2.30. The van der Waals surface area contributed by atoms with E-state index in [0.717, 1.165) is 11.5 Å². The van der Waals surface area contributed by atoms with Gasteiger partial charge in [-0.05, 0) is 44.4 Å². The van der Waals surface area contributed by atoms with Crippen LogP contribution in [0.2, 0.25) is 0 Å². The topological polar surface area (TPSA) is 26.3 Å². The summed E-state index contributed by atoms with van der Waals surface area (Å²) in [5.41, 5.74) is 0.733. The first-order chi connectivity index (χ1) is 13.0. The minimum absolute atomic E-state index is 0.167. The minimum Gasteiger partial charge on any atom is -0.406 e. The Balaban J connectivity index is -0.000000156. The molecule has 1 rings (SSSR count). The first-order valence-corrected chi connectivity index (χ1v) is 10.3. The molecule has 0 aliphatic carbocycles. The molecule has 0 bridgehead atoms.